The van der Waals surface area contributed by atoms with Crippen LogP contribution in [-0.2, 0) is 13.0 Å². The van der Waals surface area contributed by atoms with Crippen LogP contribution in [0.15, 0.2) is 41.0 Å². The average molecular weight is 258 g/mol. The van der Waals surface area contributed by atoms with E-state index in [-0.39, 0.29) is 6.04 Å². The van der Waals surface area contributed by atoms with Crippen LogP contribution < -0.4 is 10.6 Å². The second-order valence-electron chi connectivity index (χ2n) is 5.23. The Morgan fingerprint density at radius 1 is 1.32 bits per heavy atom. The van der Waals surface area contributed by atoms with Gasteiger partial charge in [0.1, 0.15) is 5.76 Å². The van der Waals surface area contributed by atoms with Gasteiger partial charge in [0, 0.05) is 18.8 Å². The van der Waals surface area contributed by atoms with E-state index in [1.807, 2.05) is 19.1 Å². The zero-order chi connectivity index (χ0) is 13.8. The highest BCUT2D eigenvalue weighted by molar-refractivity contribution is 5.50. The zero-order valence-electron chi connectivity index (χ0n) is 11.9. The van der Waals surface area contributed by atoms with Crippen LogP contribution in [0.5, 0.6) is 0 Å². The summed E-state index contributed by atoms with van der Waals surface area (Å²) in [5.41, 5.74) is 9.67. The molecule has 2 rings (SSSR count). The van der Waals surface area contributed by atoms with E-state index in [0.29, 0.717) is 0 Å². The molecular weight excluding hydrogens is 236 g/mol. The van der Waals surface area contributed by atoms with Gasteiger partial charge in [-0.3, -0.25) is 0 Å². The van der Waals surface area contributed by atoms with Gasteiger partial charge in [0.05, 0.1) is 12.8 Å². The predicted octanol–water partition coefficient (Wildman–Crippen LogP) is 3.11. The average Bonchev–Trinajstić information content (AvgIpc) is 2.84. The van der Waals surface area contributed by atoms with Crippen LogP contribution in [0.3, 0.4) is 0 Å². The van der Waals surface area contributed by atoms with Crippen molar-refractivity contribution in [3.05, 3.63) is 53.5 Å². The molecule has 1 unspecified atom stereocenters. The first-order valence-corrected chi connectivity index (χ1v) is 6.65. The number of nitrogens with zero attached hydrogens (tertiary/aromatic N) is 1. The largest absolute Gasteiger partial charge is 0.467 e. The van der Waals surface area contributed by atoms with Crippen LogP contribution in [0, 0.1) is 6.92 Å². The number of aryl methyl sites for hydroxylation is 1. The Balaban J connectivity index is 2.10. The summed E-state index contributed by atoms with van der Waals surface area (Å²) in [5, 5.41) is 0. The van der Waals surface area contributed by atoms with E-state index in [1.54, 1.807) is 6.26 Å². The third-order valence-electron chi connectivity index (χ3n) is 3.28. The second-order valence-corrected chi connectivity index (χ2v) is 5.23. The number of rotatable bonds is 5. The lowest BCUT2D eigenvalue weighted by Crippen LogP contribution is -2.19. The molecule has 0 aliphatic rings. The molecule has 0 radical (unpaired) electrons. The first kappa shape index (κ1) is 13.7. The van der Waals surface area contributed by atoms with Gasteiger partial charge in [0.2, 0.25) is 0 Å². The van der Waals surface area contributed by atoms with Gasteiger partial charge in [-0.1, -0.05) is 6.07 Å². The van der Waals surface area contributed by atoms with E-state index in [1.165, 1.54) is 16.8 Å². The van der Waals surface area contributed by atoms with Crippen molar-refractivity contribution in [2.24, 2.45) is 5.73 Å². The Hall–Kier alpha value is -1.74. The maximum Gasteiger partial charge on any atom is 0.123 e. The standard InChI is InChI=1S/C16H22N2O/c1-12-9-15(7-6-14(12)10-13(2)17)18(3)11-16-5-4-8-19-16/h4-9,13H,10-11,17H2,1-3H3. The monoisotopic (exact) mass is 258 g/mol. The fourth-order valence-electron chi connectivity index (χ4n) is 2.22. The summed E-state index contributed by atoms with van der Waals surface area (Å²) < 4.78 is 5.37. The molecule has 0 aliphatic carbocycles. The molecule has 0 amide bonds. The number of anilines is 1. The van der Waals surface area contributed by atoms with Crippen LogP contribution in [0.2, 0.25) is 0 Å². The topological polar surface area (TPSA) is 42.4 Å². The molecule has 0 aliphatic heterocycles. The smallest absolute Gasteiger partial charge is 0.123 e. The van der Waals surface area contributed by atoms with Crippen molar-refractivity contribution >= 4 is 5.69 Å². The summed E-state index contributed by atoms with van der Waals surface area (Å²) in [6, 6.07) is 10.6. The van der Waals surface area contributed by atoms with Gasteiger partial charge in [-0.2, -0.15) is 0 Å². The maximum absolute atomic E-state index is 5.86. The molecule has 3 nitrogen and oxygen atoms in total. The normalized spacial score (nSPS) is 12.4. The van der Waals surface area contributed by atoms with Crippen molar-refractivity contribution in [3.63, 3.8) is 0 Å². The molecule has 1 atom stereocenters. The highest BCUT2D eigenvalue weighted by Crippen LogP contribution is 2.20. The summed E-state index contributed by atoms with van der Waals surface area (Å²) in [7, 11) is 2.07. The van der Waals surface area contributed by atoms with Crippen molar-refractivity contribution in [2.75, 3.05) is 11.9 Å². The van der Waals surface area contributed by atoms with Gasteiger partial charge in [0.15, 0.2) is 0 Å². The SMILES string of the molecule is Cc1cc(N(C)Cc2ccco2)ccc1CC(C)N. The third kappa shape index (κ3) is 3.61. The Labute approximate surface area is 115 Å². The molecular formula is C16H22N2O. The minimum Gasteiger partial charge on any atom is -0.467 e. The van der Waals surface area contributed by atoms with E-state index < -0.39 is 0 Å². The number of hydrogen-bond acceptors (Lipinski definition) is 3. The fraction of sp³-hybridized carbons (Fsp3) is 0.375. The van der Waals surface area contributed by atoms with Gasteiger partial charge >= 0.3 is 0 Å². The van der Waals surface area contributed by atoms with Gasteiger partial charge in [-0.15, -0.1) is 0 Å². The molecule has 19 heavy (non-hydrogen) atoms. The quantitative estimate of drug-likeness (QED) is 0.896. The van der Waals surface area contributed by atoms with Crippen LogP contribution in [0.1, 0.15) is 23.8 Å². The van der Waals surface area contributed by atoms with Gasteiger partial charge < -0.3 is 15.1 Å². The van der Waals surface area contributed by atoms with E-state index in [4.69, 9.17) is 10.2 Å². The summed E-state index contributed by atoms with van der Waals surface area (Å²) in [6.45, 7) is 4.96. The van der Waals surface area contributed by atoms with E-state index in [9.17, 15) is 0 Å². The minimum atomic E-state index is 0.199. The second kappa shape index (κ2) is 5.93. The fourth-order valence-corrected chi connectivity index (χ4v) is 2.22. The molecule has 1 aromatic heterocycles. The molecule has 1 aromatic carbocycles. The van der Waals surface area contributed by atoms with E-state index in [0.717, 1.165) is 18.7 Å². The van der Waals surface area contributed by atoms with Crippen LogP contribution in [0.25, 0.3) is 0 Å². The molecule has 0 saturated carbocycles. The predicted molar refractivity (Wildman–Crippen MR) is 79.3 cm³/mol. The van der Waals surface area contributed by atoms with Crippen molar-refractivity contribution in [1.82, 2.24) is 0 Å². The molecule has 0 saturated heterocycles. The van der Waals surface area contributed by atoms with Crippen LogP contribution in [-0.4, -0.2) is 13.1 Å². The van der Waals surface area contributed by atoms with Gasteiger partial charge in [-0.05, 0) is 55.7 Å². The highest BCUT2D eigenvalue weighted by atomic mass is 16.3. The van der Waals surface area contributed by atoms with Crippen molar-refractivity contribution in [3.8, 4) is 0 Å². The Morgan fingerprint density at radius 2 is 2.11 bits per heavy atom. The first-order chi connectivity index (χ1) is 9.06. The lowest BCUT2D eigenvalue weighted by Gasteiger charge is -2.20. The molecule has 2 N–H and O–H groups in total. The minimum absolute atomic E-state index is 0.199. The third-order valence-corrected chi connectivity index (χ3v) is 3.28. The molecule has 0 fully saturated rings. The molecule has 0 spiro atoms. The summed E-state index contributed by atoms with van der Waals surface area (Å²) in [5.74, 6) is 0.972. The number of hydrogen-bond donors (Lipinski definition) is 1. The number of furan rings is 1. The van der Waals surface area contributed by atoms with E-state index in [2.05, 4.69) is 37.1 Å². The lowest BCUT2D eigenvalue weighted by atomic mass is 10.0. The first-order valence-electron chi connectivity index (χ1n) is 6.65. The van der Waals surface area contributed by atoms with Gasteiger partial charge in [0.25, 0.3) is 0 Å². The molecule has 0 bridgehead atoms. The number of nitrogens with two attached hydrogens (primary N) is 1. The Bertz CT molecular complexity index is 518. The van der Waals surface area contributed by atoms with Crippen molar-refractivity contribution < 1.29 is 4.42 Å². The van der Waals surface area contributed by atoms with Crippen LogP contribution in [0.4, 0.5) is 5.69 Å². The summed E-state index contributed by atoms with van der Waals surface area (Å²) in [6.07, 6.45) is 2.63. The highest BCUT2D eigenvalue weighted by Gasteiger charge is 2.07. The van der Waals surface area contributed by atoms with Crippen molar-refractivity contribution in [1.29, 1.82) is 0 Å². The summed E-state index contributed by atoms with van der Waals surface area (Å²) >= 11 is 0. The van der Waals surface area contributed by atoms with Crippen molar-refractivity contribution in [2.45, 2.75) is 32.9 Å². The molecule has 1 heterocycles. The zero-order valence-corrected chi connectivity index (χ0v) is 11.9. The lowest BCUT2D eigenvalue weighted by molar-refractivity contribution is 0.507. The number of benzene rings is 1. The van der Waals surface area contributed by atoms with Gasteiger partial charge in [-0.25, -0.2) is 0 Å². The van der Waals surface area contributed by atoms with Crippen LogP contribution >= 0.6 is 0 Å². The van der Waals surface area contributed by atoms with E-state index >= 15 is 0 Å². The molecule has 3 heteroatoms. The summed E-state index contributed by atoms with van der Waals surface area (Å²) in [4.78, 5) is 2.18. The molecule has 2 aromatic rings. The maximum atomic E-state index is 5.86. The Morgan fingerprint density at radius 3 is 2.68 bits per heavy atom. The molecule has 102 valence electrons. The Kier molecular flexibility index (Phi) is 4.27.